The Hall–Kier alpha value is -0.540. The van der Waals surface area contributed by atoms with Gasteiger partial charge < -0.3 is 5.73 Å². The Labute approximate surface area is 132 Å². The zero-order valence-electron chi connectivity index (χ0n) is 11.2. The number of halogens is 5. The molecule has 0 fully saturated rings. The lowest BCUT2D eigenvalue weighted by atomic mass is 10.1. The Balaban J connectivity index is 0.00000400. The van der Waals surface area contributed by atoms with Gasteiger partial charge in [-0.05, 0) is 32.0 Å². The molecule has 0 atom stereocenters. The molecule has 0 bridgehead atoms. The quantitative estimate of drug-likeness (QED) is 0.860. The lowest BCUT2D eigenvalue weighted by Gasteiger charge is -2.24. The molecule has 0 aliphatic rings. The lowest BCUT2D eigenvalue weighted by Crippen LogP contribution is -2.48. The molecule has 0 unspecified atom stereocenters. The largest absolute Gasteiger partial charge is 0.416 e. The summed E-state index contributed by atoms with van der Waals surface area (Å²) in [5.74, 6) is 0. The number of rotatable bonds is 4. The summed E-state index contributed by atoms with van der Waals surface area (Å²) in [6, 6.07) is 2.06. The molecule has 1 rings (SSSR count). The molecule has 0 aromatic heterocycles. The number of hydrogen-bond acceptors (Lipinski definition) is 3. The predicted molar refractivity (Wildman–Crippen MR) is 77.2 cm³/mol. The number of alkyl halides is 3. The van der Waals surface area contributed by atoms with Crippen LogP contribution in [-0.4, -0.2) is 20.5 Å². The van der Waals surface area contributed by atoms with Gasteiger partial charge in [-0.2, -0.15) is 13.2 Å². The zero-order chi connectivity index (χ0) is 15.8. The highest BCUT2D eigenvalue weighted by molar-refractivity contribution is 7.89. The van der Waals surface area contributed by atoms with Crippen molar-refractivity contribution in [2.24, 2.45) is 5.73 Å². The van der Waals surface area contributed by atoms with Crippen molar-refractivity contribution in [1.82, 2.24) is 4.72 Å². The summed E-state index contributed by atoms with van der Waals surface area (Å²) in [5, 5.41) is -0.500. The monoisotopic (exact) mass is 366 g/mol. The highest BCUT2D eigenvalue weighted by atomic mass is 35.5. The number of nitrogens with two attached hydrogens (primary N) is 1. The van der Waals surface area contributed by atoms with Gasteiger partial charge in [0.1, 0.15) is 4.90 Å². The summed E-state index contributed by atoms with van der Waals surface area (Å²) < 4.78 is 63.8. The van der Waals surface area contributed by atoms with E-state index >= 15 is 0 Å². The molecule has 122 valence electrons. The number of benzene rings is 1. The molecule has 21 heavy (non-hydrogen) atoms. The second-order valence-electron chi connectivity index (χ2n) is 4.84. The maximum Gasteiger partial charge on any atom is 0.416 e. The van der Waals surface area contributed by atoms with Crippen molar-refractivity contribution in [2.75, 3.05) is 6.54 Å². The van der Waals surface area contributed by atoms with Crippen LogP contribution >= 0.6 is 24.0 Å². The molecule has 1 aromatic carbocycles. The SMILES string of the molecule is CC(C)(CN)NS(=O)(=O)c1ccc(C(F)(F)F)cc1Cl.Cl. The van der Waals surface area contributed by atoms with E-state index in [1.54, 1.807) is 13.8 Å². The van der Waals surface area contributed by atoms with Gasteiger partial charge in [0, 0.05) is 12.1 Å². The van der Waals surface area contributed by atoms with E-state index in [0.29, 0.717) is 12.1 Å². The van der Waals surface area contributed by atoms with Crippen LogP contribution in [0.4, 0.5) is 13.2 Å². The topological polar surface area (TPSA) is 72.2 Å². The third kappa shape index (κ3) is 5.30. The maximum absolute atomic E-state index is 12.5. The van der Waals surface area contributed by atoms with Crippen LogP contribution in [0.1, 0.15) is 19.4 Å². The molecule has 4 nitrogen and oxygen atoms in total. The van der Waals surface area contributed by atoms with E-state index in [0.717, 1.165) is 6.07 Å². The first-order valence-electron chi connectivity index (χ1n) is 5.50. The van der Waals surface area contributed by atoms with Crippen LogP contribution in [-0.2, 0) is 16.2 Å². The molecule has 0 aliphatic heterocycles. The van der Waals surface area contributed by atoms with Crippen LogP contribution in [0, 0.1) is 0 Å². The van der Waals surface area contributed by atoms with Gasteiger partial charge in [-0.15, -0.1) is 12.4 Å². The molecule has 0 aliphatic carbocycles. The second kappa shape index (κ2) is 6.70. The first-order chi connectivity index (χ1) is 8.89. The normalized spacial score (nSPS) is 12.9. The predicted octanol–water partition coefficient (Wildman–Crippen LogP) is 2.80. The fourth-order valence-corrected chi connectivity index (χ4v) is 3.32. The first kappa shape index (κ1) is 20.5. The summed E-state index contributed by atoms with van der Waals surface area (Å²) in [4.78, 5) is -0.423. The third-order valence-electron chi connectivity index (χ3n) is 2.47. The number of nitrogens with one attached hydrogen (secondary N) is 1. The minimum Gasteiger partial charge on any atom is -0.329 e. The Morgan fingerprint density at radius 1 is 1.29 bits per heavy atom. The van der Waals surface area contributed by atoms with E-state index in [1.807, 2.05) is 0 Å². The average molecular weight is 367 g/mol. The molecule has 0 radical (unpaired) electrons. The molecule has 0 spiro atoms. The van der Waals surface area contributed by atoms with E-state index in [1.165, 1.54) is 0 Å². The van der Waals surface area contributed by atoms with Crippen molar-refractivity contribution in [3.8, 4) is 0 Å². The average Bonchev–Trinajstić information content (AvgIpc) is 2.26. The summed E-state index contributed by atoms with van der Waals surface area (Å²) in [7, 11) is -4.05. The van der Waals surface area contributed by atoms with Gasteiger partial charge in [0.2, 0.25) is 10.0 Å². The summed E-state index contributed by atoms with van der Waals surface area (Å²) >= 11 is 5.64. The highest BCUT2D eigenvalue weighted by Crippen LogP contribution is 2.33. The van der Waals surface area contributed by atoms with Gasteiger partial charge >= 0.3 is 6.18 Å². The molecule has 0 amide bonds. The number of hydrogen-bond donors (Lipinski definition) is 2. The summed E-state index contributed by atoms with van der Waals surface area (Å²) in [6.45, 7) is 3.11. The standard InChI is InChI=1S/C11H14ClF3N2O2S.ClH/c1-10(2,6-16)17-20(18,19)9-4-3-7(5-8(9)12)11(13,14)15;/h3-5,17H,6,16H2,1-2H3;1H. The van der Waals surface area contributed by atoms with Gasteiger partial charge in [-0.1, -0.05) is 11.6 Å². The summed E-state index contributed by atoms with van der Waals surface area (Å²) in [5.41, 5.74) is 3.45. The molecule has 0 saturated heterocycles. The summed E-state index contributed by atoms with van der Waals surface area (Å²) in [6.07, 6.45) is -4.59. The Morgan fingerprint density at radius 3 is 2.19 bits per heavy atom. The maximum atomic E-state index is 12.5. The minimum atomic E-state index is -4.59. The Morgan fingerprint density at radius 2 is 1.81 bits per heavy atom. The molecule has 0 heterocycles. The van der Waals surface area contributed by atoms with E-state index in [4.69, 9.17) is 17.3 Å². The fraction of sp³-hybridized carbons (Fsp3) is 0.455. The van der Waals surface area contributed by atoms with Crippen molar-refractivity contribution in [1.29, 1.82) is 0 Å². The Kier molecular flexibility index (Phi) is 6.53. The van der Waals surface area contributed by atoms with Gasteiger partial charge in [-0.3, -0.25) is 0 Å². The minimum absolute atomic E-state index is 0. The first-order valence-corrected chi connectivity index (χ1v) is 7.36. The molecule has 3 N–H and O–H groups in total. The zero-order valence-corrected chi connectivity index (χ0v) is 13.6. The molecule has 1 aromatic rings. The molecular formula is C11H15Cl2F3N2O2S. The van der Waals surface area contributed by atoms with Gasteiger partial charge in [-0.25, -0.2) is 13.1 Å². The fourth-order valence-electron chi connectivity index (χ4n) is 1.36. The highest BCUT2D eigenvalue weighted by Gasteiger charge is 2.33. The van der Waals surface area contributed by atoms with Gasteiger partial charge in [0.25, 0.3) is 0 Å². The van der Waals surface area contributed by atoms with Crippen molar-refractivity contribution in [3.63, 3.8) is 0 Å². The third-order valence-corrected chi connectivity index (χ3v) is 4.65. The van der Waals surface area contributed by atoms with Crippen LogP contribution < -0.4 is 10.5 Å². The van der Waals surface area contributed by atoms with Crippen LogP contribution in [0.2, 0.25) is 5.02 Å². The van der Waals surface area contributed by atoms with Gasteiger partial charge in [0.05, 0.1) is 10.6 Å². The van der Waals surface area contributed by atoms with Crippen LogP contribution in [0.3, 0.4) is 0 Å². The van der Waals surface area contributed by atoms with E-state index < -0.39 is 37.2 Å². The Bertz CT molecular complexity index is 604. The van der Waals surface area contributed by atoms with Crippen molar-refractivity contribution < 1.29 is 21.6 Å². The second-order valence-corrected chi connectivity index (χ2v) is 6.89. The van der Waals surface area contributed by atoms with Crippen LogP contribution in [0.15, 0.2) is 23.1 Å². The van der Waals surface area contributed by atoms with Crippen molar-refractivity contribution in [3.05, 3.63) is 28.8 Å². The van der Waals surface area contributed by atoms with E-state index in [9.17, 15) is 21.6 Å². The molecular weight excluding hydrogens is 352 g/mol. The number of sulfonamides is 1. The van der Waals surface area contributed by atoms with Crippen LogP contribution in [0.5, 0.6) is 0 Å². The van der Waals surface area contributed by atoms with Crippen molar-refractivity contribution in [2.45, 2.75) is 30.5 Å². The van der Waals surface area contributed by atoms with E-state index in [-0.39, 0.29) is 19.0 Å². The molecule has 10 heteroatoms. The van der Waals surface area contributed by atoms with Gasteiger partial charge in [0.15, 0.2) is 0 Å². The van der Waals surface area contributed by atoms with Crippen molar-refractivity contribution >= 4 is 34.0 Å². The van der Waals surface area contributed by atoms with E-state index in [2.05, 4.69) is 4.72 Å². The lowest BCUT2D eigenvalue weighted by molar-refractivity contribution is -0.137. The molecule has 0 saturated carbocycles. The smallest absolute Gasteiger partial charge is 0.329 e. The van der Waals surface area contributed by atoms with Crippen LogP contribution in [0.25, 0.3) is 0 Å².